The minimum atomic E-state index is -0.259. The number of benzene rings is 2. The highest BCUT2D eigenvalue weighted by atomic mass is 16.2. The summed E-state index contributed by atoms with van der Waals surface area (Å²) in [6.45, 7) is 0. The average molecular weight is 340 g/mol. The molecule has 2 heterocycles. The van der Waals surface area contributed by atoms with E-state index in [2.05, 4.69) is 20.5 Å². The van der Waals surface area contributed by atoms with Gasteiger partial charge in [0.25, 0.3) is 5.91 Å². The lowest BCUT2D eigenvalue weighted by molar-refractivity contribution is 0.0956. The summed E-state index contributed by atoms with van der Waals surface area (Å²) in [5.74, 6) is -0.259. The minimum Gasteiger partial charge on any atom is -0.360 e. The van der Waals surface area contributed by atoms with E-state index in [0.29, 0.717) is 11.3 Å². The van der Waals surface area contributed by atoms with Crippen LogP contribution in [0.4, 0.5) is 0 Å². The highest BCUT2D eigenvalue weighted by Gasteiger charge is 2.12. The molecule has 2 aromatic heterocycles. The molecular formula is C21H16N4O. The molecule has 0 bridgehead atoms. The van der Waals surface area contributed by atoms with Crippen LogP contribution in [0.5, 0.6) is 0 Å². The second-order valence-electron chi connectivity index (χ2n) is 5.75. The summed E-state index contributed by atoms with van der Waals surface area (Å²) >= 11 is 0. The number of hydrogen-bond acceptors (Lipinski definition) is 3. The normalized spacial score (nSPS) is 11.5. The fourth-order valence-electron chi connectivity index (χ4n) is 2.83. The van der Waals surface area contributed by atoms with Crippen LogP contribution in [0.25, 0.3) is 10.9 Å². The molecule has 0 aliphatic carbocycles. The van der Waals surface area contributed by atoms with Gasteiger partial charge in [-0.15, -0.1) is 0 Å². The molecule has 0 atom stereocenters. The number of H-pyrrole nitrogens is 1. The summed E-state index contributed by atoms with van der Waals surface area (Å²) in [6.07, 6.45) is 5.11. The van der Waals surface area contributed by atoms with Crippen molar-refractivity contribution in [3.8, 4) is 0 Å². The van der Waals surface area contributed by atoms with Crippen molar-refractivity contribution in [2.75, 3.05) is 0 Å². The molecule has 26 heavy (non-hydrogen) atoms. The van der Waals surface area contributed by atoms with E-state index in [0.717, 1.165) is 22.0 Å². The summed E-state index contributed by atoms with van der Waals surface area (Å²) in [4.78, 5) is 19.8. The van der Waals surface area contributed by atoms with E-state index in [-0.39, 0.29) is 5.91 Å². The Morgan fingerprint density at radius 2 is 1.58 bits per heavy atom. The molecule has 2 aromatic carbocycles. The minimum absolute atomic E-state index is 0.259. The van der Waals surface area contributed by atoms with Crippen LogP contribution in [0, 0.1) is 0 Å². The Kier molecular flexibility index (Phi) is 4.26. The lowest BCUT2D eigenvalue weighted by Crippen LogP contribution is -2.20. The van der Waals surface area contributed by atoms with Crippen LogP contribution in [-0.4, -0.2) is 21.6 Å². The van der Waals surface area contributed by atoms with Gasteiger partial charge in [0.2, 0.25) is 0 Å². The average Bonchev–Trinajstić information content (AvgIpc) is 3.14. The van der Waals surface area contributed by atoms with Gasteiger partial charge < -0.3 is 4.98 Å². The van der Waals surface area contributed by atoms with Crippen LogP contribution < -0.4 is 5.43 Å². The molecule has 0 spiro atoms. The molecule has 1 amide bonds. The fourth-order valence-corrected chi connectivity index (χ4v) is 2.83. The monoisotopic (exact) mass is 340 g/mol. The second-order valence-corrected chi connectivity index (χ2v) is 5.75. The van der Waals surface area contributed by atoms with Gasteiger partial charge in [-0.25, -0.2) is 5.43 Å². The van der Waals surface area contributed by atoms with Gasteiger partial charge in [-0.1, -0.05) is 48.5 Å². The van der Waals surface area contributed by atoms with Gasteiger partial charge in [-0.05, 0) is 18.2 Å². The van der Waals surface area contributed by atoms with Crippen LogP contribution in [0.15, 0.2) is 90.4 Å². The molecule has 4 aromatic rings. The van der Waals surface area contributed by atoms with Crippen molar-refractivity contribution in [3.05, 3.63) is 102 Å². The Morgan fingerprint density at radius 1 is 0.885 bits per heavy atom. The quantitative estimate of drug-likeness (QED) is 0.439. The number of amides is 1. The molecule has 0 aliphatic heterocycles. The maximum atomic E-state index is 12.6. The first-order valence-electron chi connectivity index (χ1n) is 8.23. The van der Waals surface area contributed by atoms with E-state index in [4.69, 9.17) is 0 Å². The van der Waals surface area contributed by atoms with E-state index in [1.54, 1.807) is 18.6 Å². The van der Waals surface area contributed by atoms with Gasteiger partial charge in [0.05, 0.1) is 11.3 Å². The zero-order valence-corrected chi connectivity index (χ0v) is 13.9. The third-order valence-electron chi connectivity index (χ3n) is 4.10. The zero-order chi connectivity index (χ0) is 17.8. The number of carbonyl (C=O) groups is 1. The molecule has 4 rings (SSSR count). The number of carbonyl (C=O) groups excluding carboxylic acids is 1. The first kappa shape index (κ1) is 15.8. The van der Waals surface area contributed by atoms with E-state index in [1.165, 1.54) is 0 Å². The van der Waals surface area contributed by atoms with E-state index in [1.807, 2.05) is 66.7 Å². The predicted octanol–water partition coefficient (Wildman–Crippen LogP) is 3.75. The number of nitrogens with zero attached hydrogens (tertiary/aromatic N) is 2. The van der Waals surface area contributed by atoms with Crippen molar-refractivity contribution in [2.24, 2.45) is 5.10 Å². The highest BCUT2D eigenvalue weighted by molar-refractivity contribution is 6.14. The molecule has 0 radical (unpaired) electrons. The molecule has 5 nitrogen and oxygen atoms in total. The molecule has 5 heteroatoms. The molecule has 126 valence electrons. The van der Waals surface area contributed by atoms with Crippen LogP contribution in [-0.2, 0) is 0 Å². The van der Waals surface area contributed by atoms with Crippen LogP contribution in [0.1, 0.15) is 21.5 Å². The summed E-state index contributed by atoms with van der Waals surface area (Å²) in [7, 11) is 0. The van der Waals surface area contributed by atoms with Crippen molar-refractivity contribution in [3.63, 3.8) is 0 Å². The maximum Gasteiger partial charge on any atom is 0.273 e. The Hall–Kier alpha value is -3.73. The number of hydrogen-bond donors (Lipinski definition) is 2. The van der Waals surface area contributed by atoms with Gasteiger partial charge in [-0.3, -0.25) is 9.78 Å². The van der Waals surface area contributed by atoms with Crippen molar-refractivity contribution in [1.29, 1.82) is 0 Å². The Labute approximate surface area is 150 Å². The number of aromatic amines is 1. The van der Waals surface area contributed by atoms with Crippen molar-refractivity contribution in [1.82, 2.24) is 15.4 Å². The van der Waals surface area contributed by atoms with Gasteiger partial charge in [0.15, 0.2) is 0 Å². The second kappa shape index (κ2) is 7.03. The topological polar surface area (TPSA) is 70.1 Å². The third kappa shape index (κ3) is 3.10. The number of aromatic nitrogens is 2. The van der Waals surface area contributed by atoms with Crippen LogP contribution >= 0.6 is 0 Å². The third-order valence-corrected chi connectivity index (χ3v) is 4.10. The number of pyridine rings is 1. The smallest absolute Gasteiger partial charge is 0.273 e. The number of para-hydroxylation sites is 1. The molecular weight excluding hydrogens is 324 g/mol. The molecule has 0 unspecified atom stereocenters. The first-order chi connectivity index (χ1) is 12.8. The standard InChI is InChI=1S/C21H16N4O/c26-21(18-14-23-19-9-5-4-8-17(18)19)25-24-20(15-6-2-1-3-7-15)16-10-12-22-13-11-16/h1-14,23H,(H,25,26). The van der Waals surface area contributed by atoms with Crippen molar-refractivity contribution < 1.29 is 4.79 Å². The first-order valence-corrected chi connectivity index (χ1v) is 8.23. The largest absolute Gasteiger partial charge is 0.360 e. The molecule has 0 saturated heterocycles. The fraction of sp³-hybridized carbons (Fsp3) is 0. The Bertz CT molecular complexity index is 1030. The van der Waals surface area contributed by atoms with Gasteiger partial charge in [-0.2, -0.15) is 5.10 Å². The van der Waals surface area contributed by atoms with Crippen LogP contribution in [0.2, 0.25) is 0 Å². The SMILES string of the molecule is O=C(NN=C(c1ccccc1)c1ccncc1)c1c[nH]c2ccccc12. The molecule has 0 aliphatic rings. The predicted molar refractivity (Wildman–Crippen MR) is 102 cm³/mol. The van der Waals surface area contributed by atoms with Gasteiger partial charge >= 0.3 is 0 Å². The lowest BCUT2D eigenvalue weighted by atomic mass is 10.0. The summed E-state index contributed by atoms with van der Waals surface area (Å²) in [5.41, 5.74) is 6.64. The molecule has 2 N–H and O–H groups in total. The maximum absolute atomic E-state index is 12.6. The Balaban J connectivity index is 1.68. The summed E-state index contributed by atoms with van der Waals surface area (Å²) < 4.78 is 0. The number of hydrazone groups is 1. The molecule has 0 saturated carbocycles. The van der Waals surface area contributed by atoms with Gasteiger partial charge in [0, 0.05) is 40.6 Å². The Morgan fingerprint density at radius 3 is 2.38 bits per heavy atom. The van der Waals surface area contributed by atoms with Crippen molar-refractivity contribution in [2.45, 2.75) is 0 Å². The van der Waals surface area contributed by atoms with Gasteiger partial charge in [0.1, 0.15) is 0 Å². The highest BCUT2D eigenvalue weighted by Crippen LogP contribution is 2.17. The summed E-state index contributed by atoms with van der Waals surface area (Å²) in [6, 6.07) is 21.1. The van der Waals surface area contributed by atoms with E-state index < -0.39 is 0 Å². The lowest BCUT2D eigenvalue weighted by Gasteiger charge is -2.07. The van der Waals surface area contributed by atoms with E-state index in [9.17, 15) is 4.79 Å². The van der Waals surface area contributed by atoms with E-state index >= 15 is 0 Å². The van der Waals surface area contributed by atoms with Crippen molar-refractivity contribution >= 4 is 22.5 Å². The van der Waals surface area contributed by atoms with Crippen LogP contribution in [0.3, 0.4) is 0 Å². The number of rotatable bonds is 4. The molecule has 0 fully saturated rings. The zero-order valence-electron chi connectivity index (χ0n) is 13.9. The number of nitrogens with one attached hydrogen (secondary N) is 2. The number of fused-ring (bicyclic) bond motifs is 1. The summed E-state index contributed by atoms with van der Waals surface area (Å²) in [5, 5.41) is 5.27.